The van der Waals surface area contributed by atoms with E-state index in [2.05, 4.69) is 30.3 Å². The lowest BCUT2D eigenvalue weighted by molar-refractivity contribution is -0.142. The first kappa shape index (κ1) is 18.3. The molecule has 1 aliphatic heterocycles. The molecule has 1 aliphatic rings. The van der Waals surface area contributed by atoms with Crippen molar-refractivity contribution in [1.82, 2.24) is 4.90 Å². The van der Waals surface area contributed by atoms with Crippen LogP contribution in [0.4, 0.5) is 0 Å². The van der Waals surface area contributed by atoms with Crippen LogP contribution in [0.1, 0.15) is 30.0 Å². The van der Waals surface area contributed by atoms with E-state index in [1.807, 2.05) is 29.2 Å². The number of likely N-dealkylation sites (tertiary alicyclic amines) is 1. The van der Waals surface area contributed by atoms with Gasteiger partial charge < -0.3 is 5.11 Å². The zero-order valence-corrected chi connectivity index (χ0v) is 16.1. The van der Waals surface area contributed by atoms with Gasteiger partial charge in [0.2, 0.25) is 0 Å². The third-order valence-electron chi connectivity index (χ3n) is 5.28. The van der Waals surface area contributed by atoms with Crippen LogP contribution in [0, 0.1) is 0 Å². The maximum Gasteiger partial charge on any atom is 0.320 e. The molecule has 4 rings (SSSR count). The Balaban J connectivity index is 1.89. The fourth-order valence-electron chi connectivity index (χ4n) is 4.02. The highest BCUT2D eigenvalue weighted by molar-refractivity contribution is 6.42. The molecular formula is C22H19Cl2NO2. The van der Waals surface area contributed by atoms with E-state index in [9.17, 15) is 9.90 Å². The van der Waals surface area contributed by atoms with Crippen LogP contribution >= 0.6 is 23.2 Å². The van der Waals surface area contributed by atoms with Crippen molar-refractivity contribution in [3.05, 3.63) is 81.8 Å². The zero-order valence-electron chi connectivity index (χ0n) is 14.6. The smallest absolute Gasteiger partial charge is 0.320 e. The van der Waals surface area contributed by atoms with Gasteiger partial charge in [-0.3, -0.25) is 9.69 Å². The fourth-order valence-corrected chi connectivity index (χ4v) is 4.43. The van der Waals surface area contributed by atoms with Gasteiger partial charge in [0.1, 0.15) is 6.04 Å². The van der Waals surface area contributed by atoms with E-state index in [0.717, 1.165) is 28.3 Å². The molecule has 0 aromatic heterocycles. The number of nitrogens with zero attached hydrogens (tertiary/aromatic N) is 1. The maximum atomic E-state index is 11.8. The first-order valence-electron chi connectivity index (χ1n) is 8.97. The van der Waals surface area contributed by atoms with Gasteiger partial charge in [0, 0.05) is 6.54 Å². The Hall–Kier alpha value is -2.07. The van der Waals surface area contributed by atoms with Crippen LogP contribution < -0.4 is 0 Å². The van der Waals surface area contributed by atoms with Crippen LogP contribution in [0.2, 0.25) is 10.0 Å². The molecule has 0 amide bonds. The van der Waals surface area contributed by atoms with Crippen molar-refractivity contribution in [3.8, 4) is 0 Å². The molecule has 1 N–H and O–H groups in total. The first-order valence-corrected chi connectivity index (χ1v) is 9.73. The minimum atomic E-state index is -0.795. The molecule has 0 bridgehead atoms. The molecule has 3 nitrogen and oxygen atoms in total. The number of carbonyl (C=O) groups is 1. The van der Waals surface area contributed by atoms with Crippen molar-refractivity contribution >= 4 is 39.9 Å². The molecule has 0 aliphatic carbocycles. The van der Waals surface area contributed by atoms with Crippen molar-refractivity contribution in [2.45, 2.75) is 24.9 Å². The number of hydrogen-bond acceptors (Lipinski definition) is 2. The summed E-state index contributed by atoms with van der Waals surface area (Å²) < 4.78 is 0. The summed E-state index contributed by atoms with van der Waals surface area (Å²) >= 11 is 12.8. The normalized spacial score (nSPS) is 18.7. The molecule has 138 valence electrons. The van der Waals surface area contributed by atoms with E-state index in [0.29, 0.717) is 23.0 Å². The first-order chi connectivity index (χ1) is 13.1. The second-order valence-electron chi connectivity index (χ2n) is 6.89. The average molecular weight is 400 g/mol. The summed E-state index contributed by atoms with van der Waals surface area (Å²) in [5, 5.41) is 12.9. The highest BCUT2D eigenvalue weighted by Gasteiger charge is 2.37. The molecule has 3 aromatic carbocycles. The van der Waals surface area contributed by atoms with E-state index in [-0.39, 0.29) is 6.04 Å². The largest absolute Gasteiger partial charge is 0.480 e. The minimum absolute atomic E-state index is 0.260. The molecule has 2 unspecified atom stereocenters. The minimum Gasteiger partial charge on any atom is -0.480 e. The summed E-state index contributed by atoms with van der Waals surface area (Å²) in [5.41, 5.74) is 1.86. The van der Waals surface area contributed by atoms with Crippen LogP contribution in [0.3, 0.4) is 0 Å². The number of carboxylic acids is 1. The summed E-state index contributed by atoms with van der Waals surface area (Å²) in [6, 6.07) is 19.2. The van der Waals surface area contributed by atoms with Gasteiger partial charge in [0.25, 0.3) is 0 Å². The number of aliphatic carboxylic acids is 1. The van der Waals surface area contributed by atoms with Gasteiger partial charge in [-0.25, -0.2) is 0 Å². The second kappa shape index (κ2) is 7.51. The number of carboxylic acid groups (broad SMARTS) is 1. The molecule has 27 heavy (non-hydrogen) atoms. The SMILES string of the molecule is O=C(O)C1CCCN1C(c1ccc2ccccc2c1)c1cccc(Cl)c1Cl. The topological polar surface area (TPSA) is 40.5 Å². The molecule has 1 fully saturated rings. The van der Waals surface area contributed by atoms with E-state index in [4.69, 9.17) is 23.2 Å². The highest BCUT2D eigenvalue weighted by Crippen LogP contribution is 2.40. The lowest BCUT2D eigenvalue weighted by Gasteiger charge is -2.33. The molecule has 0 spiro atoms. The molecule has 3 aromatic rings. The fraction of sp³-hybridized carbons (Fsp3) is 0.227. The predicted octanol–water partition coefficient (Wildman–Crippen LogP) is 5.79. The quantitative estimate of drug-likeness (QED) is 0.603. The summed E-state index contributed by atoms with van der Waals surface area (Å²) in [6.45, 7) is 0.706. The third-order valence-corrected chi connectivity index (χ3v) is 6.11. The number of fused-ring (bicyclic) bond motifs is 1. The van der Waals surface area contributed by atoms with Crippen molar-refractivity contribution in [3.63, 3.8) is 0 Å². The summed E-state index contributed by atoms with van der Waals surface area (Å²) in [4.78, 5) is 13.9. The molecule has 1 heterocycles. The Kier molecular flexibility index (Phi) is 5.09. The van der Waals surface area contributed by atoms with Crippen LogP contribution in [-0.2, 0) is 4.79 Å². The second-order valence-corrected chi connectivity index (χ2v) is 7.67. The van der Waals surface area contributed by atoms with Crippen molar-refractivity contribution in [2.24, 2.45) is 0 Å². The maximum absolute atomic E-state index is 11.8. The zero-order chi connectivity index (χ0) is 19.0. The van der Waals surface area contributed by atoms with Gasteiger partial charge in [-0.15, -0.1) is 0 Å². The number of hydrogen-bond donors (Lipinski definition) is 1. The van der Waals surface area contributed by atoms with Crippen molar-refractivity contribution in [1.29, 1.82) is 0 Å². The van der Waals surface area contributed by atoms with Crippen molar-refractivity contribution in [2.75, 3.05) is 6.54 Å². The number of benzene rings is 3. The standard InChI is InChI=1S/C22H19Cl2NO2/c23-18-8-3-7-17(20(18)24)21(25-12-4-9-19(25)22(26)27)16-11-10-14-5-1-2-6-15(14)13-16/h1-3,5-8,10-11,13,19,21H,4,9,12H2,(H,26,27). The molecule has 5 heteroatoms. The Morgan fingerprint density at radius 3 is 2.59 bits per heavy atom. The molecule has 1 saturated heterocycles. The van der Waals surface area contributed by atoms with Gasteiger partial charge >= 0.3 is 5.97 Å². The Labute approximate surface area is 168 Å². The summed E-state index contributed by atoms with van der Waals surface area (Å²) in [7, 11) is 0. The van der Waals surface area contributed by atoms with Gasteiger partial charge in [-0.2, -0.15) is 0 Å². The monoisotopic (exact) mass is 399 g/mol. The van der Waals surface area contributed by atoms with Crippen LogP contribution in [0.25, 0.3) is 10.8 Å². The van der Waals surface area contributed by atoms with Gasteiger partial charge in [0.05, 0.1) is 16.1 Å². The summed E-state index contributed by atoms with van der Waals surface area (Å²) in [6.07, 6.45) is 1.48. The Morgan fingerprint density at radius 1 is 1.04 bits per heavy atom. The van der Waals surface area contributed by atoms with Gasteiger partial charge in [0.15, 0.2) is 0 Å². The van der Waals surface area contributed by atoms with E-state index >= 15 is 0 Å². The van der Waals surface area contributed by atoms with Gasteiger partial charge in [-0.1, -0.05) is 71.7 Å². The lowest BCUT2D eigenvalue weighted by Crippen LogP contribution is -2.39. The van der Waals surface area contributed by atoms with Crippen LogP contribution in [-0.4, -0.2) is 28.6 Å². The van der Waals surface area contributed by atoms with Crippen LogP contribution in [0.15, 0.2) is 60.7 Å². The third kappa shape index (κ3) is 3.43. The van der Waals surface area contributed by atoms with E-state index < -0.39 is 12.0 Å². The van der Waals surface area contributed by atoms with Crippen LogP contribution in [0.5, 0.6) is 0 Å². The summed E-state index contributed by atoms with van der Waals surface area (Å²) in [5.74, 6) is -0.795. The lowest BCUT2D eigenvalue weighted by atomic mass is 9.94. The van der Waals surface area contributed by atoms with E-state index in [1.54, 1.807) is 6.07 Å². The Morgan fingerprint density at radius 2 is 1.81 bits per heavy atom. The highest BCUT2D eigenvalue weighted by atomic mass is 35.5. The predicted molar refractivity (Wildman–Crippen MR) is 110 cm³/mol. The molecule has 2 atom stereocenters. The van der Waals surface area contributed by atoms with Crippen molar-refractivity contribution < 1.29 is 9.90 Å². The number of halogens is 2. The Bertz CT molecular complexity index is 1000. The van der Waals surface area contributed by atoms with E-state index in [1.165, 1.54) is 0 Å². The molecular weight excluding hydrogens is 381 g/mol. The molecule has 0 radical (unpaired) electrons. The van der Waals surface area contributed by atoms with Gasteiger partial charge in [-0.05, 0) is 46.9 Å². The molecule has 0 saturated carbocycles. The number of rotatable bonds is 4. The average Bonchev–Trinajstić information content (AvgIpc) is 3.15.